The summed E-state index contributed by atoms with van der Waals surface area (Å²) in [6.45, 7) is 0. The monoisotopic (exact) mass is 868 g/mol. The molecule has 68 heavy (non-hydrogen) atoms. The van der Waals surface area contributed by atoms with E-state index in [2.05, 4.69) is 121 Å². The Labute approximate surface area is 384 Å². The van der Waals surface area contributed by atoms with Crippen LogP contribution >= 0.6 is 0 Å². The first kappa shape index (κ1) is 36.0. The lowest BCUT2D eigenvalue weighted by atomic mass is 9.96. The van der Waals surface area contributed by atoms with Gasteiger partial charge in [0, 0.05) is 70.2 Å². The van der Waals surface area contributed by atoms with Crippen LogP contribution in [0.3, 0.4) is 0 Å². The molecule has 0 fully saturated rings. The van der Waals surface area contributed by atoms with E-state index in [0.717, 1.165) is 142 Å². The molecule has 0 saturated heterocycles. The maximum atomic E-state index is 14.6. The smallest absolute Gasteiger partial charge is 0.263 e. The molecule has 0 radical (unpaired) electrons. The average molecular weight is 869 g/mol. The standard InChI is InChI=1S/C62H32N2O4/c65-61-46-14-3-2-11-40(46)50-29-37(30-52-41-12-5-7-18-53(41)63(61)58(50)52)38-16-9-17-45-44-24-21-35(32-57(44)68-60(38)45)34-20-23-42-51-28-36(33-22-25-56-48(26-33)43-13-6-8-19-55(43)67-56)27-49-39-10-1-4-15-47(39)62(66)64(59(49)51)54(42)31-34/h1-32H. The molecule has 6 nitrogen and oxygen atoms in total. The summed E-state index contributed by atoms with van der Waals surface area (Å²) >= 11 is 0. The van der Waals surface area contributed by atoms with Gasteiger partial charge in [0.25, 0.3) is 11.1 Å². The summed E-state index contributed by atoms with van der Waals surface area (Å²) in [5.41, 5.74) is 13.0. The van der Waals surface area contributed by atoms with Crippen molar-refractivity contribution >= 4 is 120 Å². The molecule has 0 N–H and O–H groups in total. The number of para-hydroxylation sites is 3. The molecule has 16 aromatic rings. The van der Waals surface area contributed by atoms with Gasteiger partial charge in [-0.15, -0.1) is 0 Å². The Hall–Kier alpha value is -9.26. The van der Waals surface area contributed by atoms with Crippen molar-refractivity contribution in [1.29, 1.82) is 0 Å². The van der Waals surface area contributed by atoms with Crippen molar-refractivity contribution < 1.29 is 8.83 Å². The zero-order chi connectivity index (χ0) is 44.5. The summed E-state index contributed by atoms with van der Waals surface area (Å²) in [5, 5.41) is 13.7. The molecule has 314 valence electrons. The van der Waals surface area contributed by atoms with E-state index >= 15 is 0 Å². The first-order valence-corrected chi connectivity index (χ1v) is 22.9. The third-order valence-corrected chi connectivity index (χ3v) is 14.8. The molecule has 0 bridgehead atoms. The number of hydrogen-bond acceptors (Lipinski definition) is 4. The van der Waals surface area contributed by atoms with Crippen LogP contribution in [0.2, 0.25) is 0 Å². The lowest BCUT2D eigenvalue weighted by Crippen LogP contribution is -2.12. The molecule has 0 aliphatic heterocycles. The molecule has 0 spiro atoms. The summed E-state index contributed by atoms with van der Waals surface area (Å²) in [6, 6.07) is 66.8. The second-order valence-corrected chi connectivity index (χ2v) is 18.3. The minimum atomic E-state index is -0.0310. The van der Waals surface area contributed by atoms with Gasteiger partial charge in [0.2, 0.25) is 0 Å². The average Bonchev–Trinajstić information content (AvgIpc) is 4.15. The highest BCUT2D eigenvalue weighted by molar-refractivity contribution is 6.24. The molecular weight excluding hydrogens is 837 g/mol. The fourth-order valence-electron chi connectivity index (χ4n) is 11.7. The maximum Gasteiger partial charge on any atom is 0.263 e. The summed E-state index contributed by atoms with van der Waals surface area (Å²) in [5.74, 6) is 0. The predicted molar refractivity (Wildman–Crippen MR) is 279 cm³/mol. The number of rotatable bonds is 3. The van der Waals surface area contributed by atoms with Crippen LogP contribution in [0.15, 0.2) is 213 Å². The molecule has 6 heteroatoms. The molecular formula is C62H32N2O4. The van der Waals surface area contributed by atoms with Crippen molar-refractivity contribution in [2.45, 2.75) is 0 Å². The van der Waals surface area contributed by atoms with E-state index in [0.29, 0.717) is 10.8 Å². The third-order valence-electron chi connectivity index (χ3n) is 14.8. The van der Waals surface area contributed by atoms with Crippen LogP contribution in [0.1, 0.15) is 0 Å². The van der Waals surface area contributed by atoms with E-state index in [1.54, 1.807) is 0 Å². The van der Waals surface area contributed by atoms with Crippen LogP contribution in [-0.2, 0) is 0 Å². The largest absolute Gasteiger partial charge is 0.456 e. The van der Waals surface area contributed by atoms with Crippen molar-refractivity contribution in [1.82, 2.24) is 8.80 Å². The molecule has 0 unspecified atom stereocenters. The molecule has 0 saturated carbocycles. The summed E-state index contributed by atoms with van der Waals surface area (Å²) < 4.78 is 16.9. The van der Waals surface area contributed by atoms with Gasteiger partial charge >= 0.3 is 0 Å². The van der Waals surface area contributed by atoms with E-state index in [9.17, 15) is 9.59 Å². The molecule has 6 aromatic heterocycles. The van der Waals surface area contributed by atoms with Crippen molar-refractivity contribution in [3.05, 3.63) is 215 Å². The van der Waals surface area contributed by atoms with Gasteiger partial charge in [-0.2, -0.15) is 0 Å². The summed E-state index contributed by atoms with van der Waals surface area (Å²) in [7, 11) is 0. The topological polar surface area (TPSA) is 69.2 Å². The summed E-state index contributed by atoms with van der Waals surface area (Å²) in [4.78, 5) is 28.6. The van der Waals surface area contributed by atoms with Crippen molar-refractivity contribution in [2.24, 2.45) is 0 Å². The van der Waals surface area contributed by atoms with Crippen LogP contribution in [0, 0.1) is 0 Å². The Morgan fingerprint density at radius 3 is 1.50 bits per heavy atom. The van der Waals surface area contributed by atoms with Gasteiger partial charge in [0.15, 0.2) is 0 Å². The molecule has 0 atom stereocenters. The normalized spacial score (nSPS) is 12.5. The van der Waals surface area contributed by atoms with E-state index in [1.165, 1.54) is 0 Å². The van der Waals surface area contributed by atoms with E-state index in [1.807, 2.05) is 81.6 Å². The van der Waals surface area contributed by atoms with Crippen LogP contribution in [0.25, 0.3) is 153 Å². The SMILES string of the molecule is O=c1c2ccccc2c2cc(-c3cccc4c3oc3cc(-c5ccc6c7cc(-c8ccc9oc%10ccccc%10c9c8)cc8c9ccccc9c(=O)n(c6c5)c87)ccc34)cc3c4ccccc4n1c23. The molecule has 6 heterocycles. The predicted octanol–water partition coefficient (Wildman–Crippen LogP) is 15.5. The first-order valence-electron chi connectivity index (χ1n) is 22.9. The highest BCUT2D eigenvalue weighted by atomic mass is 16.3. The first-order chi connectivity index (χ1) is 33.5. The van der Waals surface area contributed by atoms with Crippen LogP contribution in [0.5, 0.6) is 0 Å². The fraction of sp³-hybridized carbons (Fsp3) is 0. The number of aromatic nitrogens is 2. The van der Waals surface area contributed by atoms with Gasteiger partial charge in [-0.25, -0.2) is 0 Å². The fourth-order valence-corrected chi connectivity index (χ4v) is 11.7. The van der Waals surface area contributed by atoms with Gasteiger partial charge in [-0.3, -0.25) is 18.4 Å². The van der Waals surface area contributed by atoms with E-state index < -0.39 is 0 Å². The number of fused-ring (bicyclic) bond motifs is 16. The Morgan fingerprint density at radius 2 is 0.765 bits per heavy atom. The van der Waals surface area contributed by atoms with Crippen molar-refractivity contribution in [2.75, 3.05) is 0 Å². The molecule has 0 amide bonds. The Kier molecular flexibility index (Phi) is 6.75. The minimum absolute atomic E-state index is 0.00404. The molecule has 10 aromatic carbocycles. The van der Waals surface area contributed by atoms with Crippen LogP contribution in [0.4, 0.5) is 0 Å². The van der Waals surface area contributed by atoms with Gasteiger partial charge in [-0.05, 0) is 117 Å². The van der Waals surface area contributed by atoms with Crippen LogP contribution in [-0.4, -0.2) is 8.80 Å². The number of benzene rings is 10. The van der Waals surface area contributed by atoms with Gasteiger partial charge in [-0.1, -0.05) is 115 Å². The van der Waals surface area contributed by atoms with Gasteiger partial charge in [0.1, 0.15) is 22.3 Å². The number of nitrogens with zero attached hydrogens (tertiary/aromatic N) is 2. The number of hydrogen-bond donors (Lipinski definition) is 0. The summed E-state index contributed by atoms with van der Waals surface area (Å²) in [6.07, 6.45) is 0. The van der Waals surface area contributed by atoms with Gasteiger partial charge in [0.05, 0.1) is 22.1 Å². The van der Waals surface area contributed by atoms with E-state index in [4.69, 9.17) is 8.83 Å². The third kappa shape index (κ3) is 4.60. The molecule has 0 aliphatic carbocycles. The maximum absolute atomic E-state index is 14.6. The van der Waals surface area contributed by atoms with Crippen molar-refractivity contribution in [3.8, 4) is 33.4 Å². The van der Waals surface area contributed by atoms with Gasteiger partial charge < -0.3 is 8.83 Å². The Bertz CT molecular complexity index is 5030. The Morgan fingerprint density at radius 1 is 0.279 bits per heavy atom. The molecule has 16 rings (SSSR count). The minimum Gasteiger partial charge on any atom is -0.456 e. The number of pyridine rings is 2. The van der Waals surface area contributed by atoms with Crippen molar-refractivity contribution in [3.63, 3.8) is 0 Å². The Balaban J connectivity index is 0.881. The lowest BCUT2D eigenvalue weighted by molar-refractivity contribution is 0.669. The zero-order valence-electron chi connectivity index (χ0n) is 36.0. The number of furan rings is 2. The zero-order valence-corrected chi connectivity index (χ0v) is 36.0. The molecule has 0 aliphatic rings. The highest BCUT2D eigenvalue weighted by Gasteiger charge is 2.23. The van der Waals surface area contributed by atoms with E-state index in [-0.39, 0.29) is 11.1 Å². The highest BCUT2D eigenvalue weighted by Crippen LogP contribution is 2.44. The quantitative estimate of drug-likeness (QED) is 0.166. The second-order valence-electron chi connectivity index (χ2n) is 18.3. The second kappa shape index (κ2) is 12.8. The lowest BCUT2D eigenvalue weighted by Gasteiger charge is -2.10. The van der Waals surface area contributed by atoms with Crippen LogP contribution < -0.4 is 11.1 Å².